The van der Waals surface area contributed by atoms with Gasteiger partial charge in [0.25, 0.3) is 0 Å². The molecule has 0 N–H and O–H groups in total. The lowest BCUT2D eigenvalue weighted by Gasteiger charge is -2.45. The van der Waals surface area contributed by atoms with Crippen LogP contribution in [0.4, 0.5) is 0 Å². The van der Waals surface area contributed by atoms with Crippen LogP contribution in [0.5, 0.6) is 0 Å². The van der Waals surface area contributed by atoms with Gasteiger partial charge in [0.05, 0.1) is 29.7 Å². The Bertz CT molecular complexity index is 883. The first kappa shape index (κ1) is 19.9. The van der Waals surface area contributed by atoms with Crippen LogP contribution in [0.25, 0.3) is 5.57 Å². The van der Waals surface area contributed by atoms with Gasteiger partial charge >= 0.3 is 5.97 Å². The van der Waals surface area contributed by atoms with Gasteiger partial charge in [-0.15, -0.1) is 0 Å². The maximum Gasteiger partial charge on any atom is 0.336 e. The van der Waals surface area contributed by atoms with Crippen molar-refractivity contribution in [2.45, 2.75) is 57.9 Å². The largest absolute Gasteiger partial charge is 0.498 e. The Hall–Kier alpha value is -2.07. The highest BCUT2D eigenvalue weighted by atomic mass is 16.5. The van der Waals surface area contributed by atoms with Gasteiger partial charge in [0.15, 0.2) is 0 Å². The summed E-state index contributed by atoms with van der Waals surface area (Å²) in [6.07, 6.45) is 9.29. The molecular formula is C26H33NO3. The Balaban J connectivity index is 1.81. The minimum atomic E-state index is -0.390. The third kappa shape index (κ3) is 2.52. The fourth-order valence-electron chi connectivity index (χ4n) is 6.94. The molecule has 2 fully saturated rings. The minimum Gasteiger partial charge on any atom is -0.498 e. The Labute approximate surface area is 179 Å². The number of hydrogen-bond acceptors (Lipinski definition) is 4. The number of carbonyl (C=O) groups excluding carboxylic acids is 1. The quantitative estimate of drug-likeness (QED) is 0.625. The number of hydrogen-bond donors (Lipinski definition) is 0. The SMILES string of the molecule is CCOC(=O)C1=C(c2ccccc2)[C@@]23CCCC[C@@H]2[C@]1(N1CCCC1)C=C3OCC. The van der Waals surface area contributed by atoms with Gasteiger partial charge < -0.3 is 9.47 Å². The molecule has 3 aliphatic carbocycles. The van der Waals surface area contributed by atoms with E-state index in [0.29, 0.717) is 19.1 Å². The van der Waals surface area contributed by atoms with Crippen molar-refractivity contribution in [3.63, 3.8) is 0 Å². The van der Waals surface area contributed by atoms with Crippen LogP contribution in [0.2, 0.25) is 0 Å². The average molecular weight is 408 g/mol. The fourth-order valence-corrected chi connectivity index (χ4v) is 6.94. The fraction of sp³-hybridized carbons (Fsp3) is 0.577. The first-order valence-electron chi connectivity index (χ1n) is 11.8. The van der Waals surface area contributed by atoms with Crippen LogP contribution >= 0.6 is 0 Å². The van der Waals surface area contributed by atoms with Gasteiger partial charge in [0.1, 0.15) is 5.76 Å². The number of rotatable bonds is 6. The molecule has 1 aliphatic heterocycles. The van der Waals surface area contributed by atoms with Crippen molar-refractivity contribution >= 4 is 11.5 Å². The molecule has 160 valence electrons. The van der Waals surface area contributed by atoms with Gasteiger partial charge in [-0.05, 0) is 69.8 Å². The topological polar surface area (TPSA) is 38.8 Å². The van der Waals surface area contributed by atoms with Gasteiger partial charge in [-0.1, -0.05) is 43.2 Å². The van der Waals surface area contributed by atoms with E-state index in [9.17, 15) is 4.79 Å². The monoisotopic (exact) mass is 407 g/mol. The number of nitrogens with zero attached hydrogens (tertiary/aromatic N) is 1. The van der Waals surface area contributed by atoms with Gasteiger partial charge in [-0.3, -0.25) is 4.90 Å². The van der Waals surface area contributed by atoms with Crippen molar-refractivity contribution in [2.24, 2.45) is 11.3 Å². The Morgan fingerprint density at radius 2 is 1.83 bits per heavy atom. The predicted octanol–water partition coefficient (Wildman–Crippen LogP) is 4.96. The molecule has 1 aromatic rings. The zero-order valence-corrected chi connectivity index (χ0v) is 18.3. The molecule has 0 spiro atoms. The summed E-state index contributed by atoms with van der Waals surface area (Å²) in [7, 11) is 0. The second-order valence-corrected chi connectivity index (χ2v) is 9.07. The molecule has 1 heterocycles. The molecule has 1 saturated heterocycles. The number of allylic oxidation sites excluding steroid dienone is 1. The standard InChI is InChI=1S/C26H33NO3/c1-3-29-21-18-26(27-16-10-11-17-27)20-14-8-9-15-25(20,21)22(19-12-6-5-7-13-19)23(26)24(28)30-4-2/h5-7,12-13,18,20H,3-4,8-11,14-17H2,1-2H3/t20-,25-,26+/m0/s1. The summed E-state index contributed by atoms with van der Waals surface area (Å²) in [4.78, 5) is 16.2. The van der Waals surface area contributed by atoms with Crippen molar-refractivity contribution in [2.75, 3.05) is 26.3 Å². The van der Waals surface area contributed by atoms with Crippen molar-refractivity contribution in [3.05, 3.63) is 53.3 Å². The molecule has 0 amide bonds. The van der Waals surface area contributed by atoms with Gasteiger partial charge in [-0.2, -0.15) is 0 Å². The number of esters is 1. The van der Waals surface area contributed by atoms with Crippen LogP contribution in [0, 0.1) is 11.3 Å². The van der Waals surface area contributed by atoms with Gasteiger partial charge in [0, 0.05) is 5.92 Å². The van der Waals surface area contributed by atoms with Gasteiger partial charge in [-0.25, -0.2) is 4.79 Å². The van der Waals surface area contributed by atoms with E-state index in [2.05, 4.69) is 42.2 Å². The summed E-state index contributed by atoms with van der Waals surface area (Å²) in [6, 6.07) is 10.5. The second kappa shape index (κ2) is 7.56. The zero-order chi connectivity index (χ0) is 20.8. The van der Waals surface area contributed by atoms with E-state index in [0.717, 1.165) is 42.8 Å². The lowest BCUT2D eigenvalue weighted by atomic mass is 9.63. The molecule has 4 heteroatoms. The van der Waals surface area contributed by atoms with Crippen LogP contribution in [0.3, 0.4) is 0 Å². The summed E-state index contributed by atoms with van der Waals surface area (Å²) >= 11 is 0. The molecule has 0 aromatic heterocycles. The minimum absolute atomic E-state index is 0.135. The number of benzene rings is 1. The van der Waals surface area contributed by atoms with E-state index < -0.39 is 5.54 Å². The van der Waals surface area contributed by atoms with Crippen LogP contribution in [-0.2, 0) is 14.3 Å². The molecule has 0 radical (unpaired) electrons. The molecule has 1 saturated carbocycles. The summed E-state index contributed by atoms with van der Waals surface area (Å²) in [5, 5.41) is 0. The Kier molecular flexibility index (Phi) is 5.01. The van der Waals surface area contributed by atoms with E-state index in [1.165, 1.54) is 31.3 Å². The first-order valence-corrected chi connectivity index (χ1v) is 11.8. The van der Waals surface area contributed by atoms with E-state index in [4.69, 9.17) is 9.47 Å². The van der Waals surface area contributed by atoms with Crippen LogP contribution in [0.15, 0.2) is 47.7 Å². The molecular weight excluding hydrogens is 374 g/mol. The molecule has 4 aliphatic rings. The summed E-state index contributed by atoms with van der Waals surface area (Å²) < 4.78 is 12.1. The molecule has 1 aromatic carbocycles. The maximum atomic E-state index is 13.6. The van der Waals surface area contributed by atoms with Gasteiger partial charge in [0.2, 0.25) is 0 Å². The number of carbonyl (C=O) groups is 1. The van der Waals surface area contributed by atoms with E-state index in [1.807, 2.05) is 13.0 Å². The number of likely N-dealkylation sites (tertiary alicyclic amines) is 1. The molecule has 0 unspecified atom stereocenters. The zero-order valence-electron chi connectivity index (χ0n) is 18.3. The summed E-state index contributed by atoms with van der Waals surface area (Å²) in [6.45, 7) is 7.11. The molecule has 5 rings (SSSR count). The van der Waals surface area contributed by atoms with Crippen LogP contribution in [-0.4, -0.2) is 42.7 Å². The molecule has 30 heavy (non-hydrogen) atoms. The first-order chi connectivity index (χ1) is 14.7. The van der Waals surface area contributed by atoms with Crippen molar-refractivity contribution < 1.29 is 14.3 Å². The lowest BCUT2D eigenvalue weighted by Crippen LogP contribution is -2.52. The molecule has 4 nitrogen and oxygen atoms in total. The van der Waals surface area contributed by atoms with Crippen LogP contribution in [0.1, 0.15) is 57.9 Å². The third-order valence-electron chi connectivity index (χ3n) is 7.80. The molecule has 3 atom stereocenters. The average Bonchev–Trinajstić information content (AvgIpc) is 3.45. The highest BCUT2D eigenvalue weighted by molar-refractivity contribution is 6.06. The lowest BCUT2D eigenvalue weighted by molar-refractivity contribution is -0.139. The number of ether oxygens (including phenoxy) is 2. The normalized spacial score (nSPS) is 32.9. The second-order valence-electron chi connectivity index (χ2n) is 9.07. The maximum absolute atomic E-state index is 13.6. The van der Waals surface area contributed by atoms with E-state index >= 15 is 0 Å². The highest BCUT2D eigenvalue weighted by Crippen LogP contribution is 2.72. The summed E-state index contributed by atoms with van der Waals surface area (Å²) in [5.41, 5.74) is 2.63. The van der Waals surface area contributed by atoms with E-state index in [1.54, 1.807) is 0 Å². The highest BCUT2D eigenvalue weighted by Gasteiger charge is 2.71. The van der Waals surface area contributed by atoms with Crippen molar-refractivity contribution in [3.8, 4) is 0 Å². The molecule has 2 bridgehead atoms. The van der Waals surface area contributed by atoms with Crippen molar-refractivity contribution in [1.29, 1.82) is 0 Å². The Morgan fingerprint density at radius 1 is 1.07 bits per heavy atom. The third-order valence-corrected chi connectivity index (χ3v) is 7.80. The van der Waals surface area contributed by atoms with Crippen LogP contribution < -0.4 is 0 Å². The summed E-state index contributed by atoms with van der Waals surface area (Å²) in [5.74, 6) is 1.32. The van der Waals surface area contributed by atoms with Crippen molar-refractivity contribution in [1.82, 2.24) is 4.90 Å². The predicted molar refractivity (Wildman–Crippen MR) is 118 cm³/mol. The van der Waals surface area contributed by atoms with E-state index in [-0.39, 0.29) is 11.4 Å². The smallest absolute Gasteiger partial charge is 0.336 e. The Morgan fingerprint density at radius 3 is 2.53 bits per heavy atom.